The quantitative estimate of drug-likeness (QED) is 0.229. The number of fused-ring (bicyclic) bond motifs is 2. The van der Waals surface area contributed by atoms with E-state index in [1.807, 2.05) is 6.92 Å². The van der Waals surface area contributed by atoms with E-state index in [1.54, 1.807) is 10.8 Å². The number of carbonyl (C=O) groups excluding carboxylic acids is 2. The summed E-state index contributed by atoms with van der Waals surface area (Å²) in [7, 11) is 3.11. The van der Waals surface area contributed by atoms with Crippen LogP contribution in [-0.4, -0.2) is 80.4 Å². The van der Waals surface area contributed by atoms with Gasteiger partial charge in [0.25, 0.3) is 5.91 Å². The molecule has 11 heteroatoms. The molecule has 0 radical (unpaired) electrons. The largest absolute Gasteiger partial charge is 0.448 e. The zero-order valence-corrected chi connectivity index (χ0v) is 20.1. The minimum Gasteiger partial charge on any atom is -0.448 e. The van der Waals surface area contributed by atoms with E-state index in [-0.39, 0.29) is 48.8 Å². The molecule has 1 saturated heterocycles. The lowest BCUT2D eigenvalue weighted by Gasteiger charge is -2.31. The molecular formula is C22H30N2O7S2. The summed E-state index contributed by atoms with van der Waals surface area (Å²) in [5.41, 5.74) is 1.77. The minimum atomic E-state index is -1.37. The highest BCUT2D eigenvalue weighted by atomic mass is 33.1. The minimum absolute atomic E-state index is 0.0320. The second-order valence-corrected chi connectivity index (χ2v) is 11.0. The van der Waals surface area contributed by atoms with Crippen LogP contribution in [-0.2, 0) is 18.0 Å². The SMILES string of the molecule is C=C1C[C@H]2C(O)N(C(=O)OC[C@@H](C)SSCCCO)c3cc(CO)c(CO)cc3C(=O)N2C1. The normalized spacial score (nSPS) is 21.0. The number of hydrogen-bond acceptors (Lipinski definition) is 9. The number of amides is 2. The van der Waals surface area contributed by atoms with Gasteiger partial charge in [-0.1, -0.05) is 33.7 Å². The van der Waals surface area contributed by atoms with Crippen molar-refractivity contribution in [2.75, 3.05) is 30.4 Å². The molecule has 3 rings (SSSR count). The van der Waals surface area contributed by atoms with Crippen molar-refractivity contribution in [3.63, 3.8) is 0 Å². The fraction of sp³-hybridized carbons (Fsp3) is 0.545. The van der Waals surface area contributed by atoms with Crippen LogP contribution in [0.3, 0.4) is 0 Å². The molecule has 1 fully saturated rings. The Morgan fingerprint density at radius 3 is 2.64 bits per heavy atom. The summed E-state index contributed by atoms with van der Waals surface area (Å²) < 4.78 is 5.50. The van der Waals surface area contributed by atoms with Crippen LogP contribution in [0.15, 0.2) is 24.3 Å². The van der Waals surface area contributed by atoms with Gasteiger partial charge in [0.15, 0.2) is 6.23 Å². The molecule has 2 aliphatic heterocycles. The number of carbonyl (C=O) groups is 2. The number of benzene rings is 1. The molecule has 3 atom stereocenters. The molecule has 1 aromatic carbocycles. The van der Waals surface area contributed by atoms with Crippen molar-refractivity contribution in [3.8, 4) is 0 Å². The van der Waals surface area contributed by atoms with E-state index in [2.05, 4.69) is 6.58 Å². The highest BCUT2D eigenvalue weighted by molar-refractivity contribution is 8.76. The van der Waals surface area contributed by atoms with Crippen LogP contribution < -0.4 is 4.90 Å². The Morgan fingerprint density at radius 1 is 1.27 bits per heavy atom. The van der Waals surface area contributed by atoms with Gasteiger partial charge in [-0.3, -0.25) is 4.79 Å². The van der Waals surface area contributed by atoms with Gasteiger partial charge in [-0.2, -0.15) is 0 Å². The maximum absolute atomic E-state index is 13.3. The highest BCUT2D eigenvalue weighted by Crippen LogP contribution is 2.38. The van der Waals surface area contributed by atoms with Crippen molar-refractivity contribution >= 4 is 39.3 Å². The molecule has 1 unspecified atom stereocenters. The zero-order valence-electron chi connectivity index (χ0n) is 18.5. The molecule has 1 aromatic rings. The third kappa shape index (κ3) is 5.67. The predicted octanol–water partition coefficient (Wildman–Crippen LogP) is 1.87. The summed E-state index contributed by atoms with van der Waals surface area (Å²) in [4.78, 5) is 29.0. The Morgan fingerprint density at radius 2 is 1.97 bits per heavy atom. The second kappa shape index (κ2) is 11.6. The number of nitrogens with zero attached hydrogens (tertiary/aromatic N) is 2. The molecule has 182 valence electrons. The topological polar surface area (TPSA) is 131 Å². The predicted molar refractivity (Wildman–Crippen MR) is 128 cm³/mol. The molecular weight excluding hydrogens is 468 g/mol. The van der Waals surface area contributed by atoms with Gasteiger partial charge in [-0.05, 0) is 43.0 Å². The van der Waals surface area contributed by atoms with Crippen LogP contribution in [0.2, 0.25) is 0 Å². The number of hydrogen-bond donors (Lipinski definition) is 4. The van der Waals surface area contributed by atoms with Gasteiger partial charge in [0.2, 0.25) is 0 Å². The number of rotatable bonds is 9. The van der Waals surface area contributed by atoms with Gasteiger partial charge in [0.1, 0.15) is 6.61 Å². The van der Waals surface area contributed by atoms with Crippen molar-refractivity contribution in [1.29, 1.82) is 0 Å². The Bertz CT molecular complexity index is 898. The number of ether oxygens (including phenoxy) is 1. The molecule has 0 aromatic heterocycles. The van der Waals surface area contributed by atoms with Crippen molar-refractivity contribution in [2.24, 2.45) is 0 Å². The summed E-state index contributed by atoms with van der Waals surface area (Å²) in [6.07, 6.45) is -1.14. The van der Waals surface area contributed by atoms with E-state index in [0.29, 0.717) is 24.0 Å². The molecule has 0 bridgehead atoms. The number of anilines is 1. The first-order valence-electron chi connectivity index (χ1n) is 10.7. The Balaban J connectivity index is 1.89. The molecule has 2 heterocycles. The van der Waals surface area contributed by atoms with E-state index in [0.717, 1.165) is 16.2 Å². The van der Waals surface area contributed by atoms with Crippen LogP contribution in [0.4, 0.5) is 10.5 Å². The fourth-order valence-corrected chi connectivity index (χ4v) is 6.11. The average molecular weight is 499 g/mol. The first kappa shape index (κ1) is 25.9. The first-order valence-corrected chi connectivity index (χ1v) is 13.1. The molecule has 9 nitrogen and oxygen atoms in total. The smallest absolute Gasteiger partial charge is 0.416 e. The monoisotopic (exact) mass is 498 g/mol. The third-order valence-electron chi connectivity index (χ3n) is 5.57. The highest BCUT2D eigenvalue weighted by Gasteiger charge is 2.46. The van der Waals surface area contributed by atoms with E-state index < -0.39 is 25.0 Å². The Hall–Kier alpha value is -1.76. The molecule has 0 saturated carbocycles. The van der Waals surface area contributed by atoms with E-state index >= 15 is 0 Å². The fourth-order valence-electron chi connectivity index (χ4n) is 3.91. The molecule has 33 heavy (non-hydrogen) atoms. The lowest BCUT2D eigenvalue weighted by atomic mass is 10.0. The molecule has 0 aliphatic carbocycles. The van der Waals surface area contributed by atoms with Gasteiger partial charge < -0.3 is 30.1 Å². The van der Waals surface area contributed by atoms with Gasteiger partial charge in [0.05, 0.1) is 30.5 Å². The maximum atomic E-state index is 13.3. The third-order valence-corrected chi connectivity index (χ3v) is 8.52. The zero-order chi connectivity index (χ0) is 24.1. The van der Waals surface area contributed by atoms with Crippen LogP contribution in [0.5, 0.6) is 0 Å². The van der Waals surface area contributed by atoms with Crippen molar-refractivity contribution in [1.82, 2.24) is 4.90 Å². The lowest BCUT2D eigenvalue weighted by molar-refractivity contribution is 0.0491. The first-order chi connectivity index (χ1) is 15.8. The molecule has 2 aliphatic rings. The van der Waals surface area contributed by atoms with Crippen LogP contribution in [0.1, 0.15) is 41.3 Å². The summed E-state index contributed by atoms with van der Waals surface area (Å²) in [5.74, 6) is 0.393. The van der Waals surface area contributed by atoms with Gasteiger partial charge in [-0.15, -0.1) is 0 Å². The van der Waals surface area contributed by atoms with Gasteiger partial charge >= 0.3 is 6.09 Å². The molecule has 4 N–H and O–H groups in total. The van der Waals surface area contributed by atoms with Gasteiger partial charge in [0, 0.05) is 24.2 Å². The summed E-state index contributed by atoms with van der Waals surface area (Å²) in [6.45, 7) is 5.52. The maximum Gasteiger partial charge on any atom is 0.416 e. The summed E-state index contributed by atoms with van der Waals surface area (Å²) in [5, 5.41) is 39.4. The number of aliphatic hydroxyl groups excluding tert-OH is 4. The van der Waals surface area contributed by atoms with E-state index in [9.17, 15) is 24.9 Å². The van der Waals surface area contributed by atoms with Crippen LogP contribution in [0.25, 0.3) is 0 Å². The number of aliphatic hydroxyl groups is 4. The Labute approximate surface area is 200 Å². The molecule has 2 amide bonds. The van der Waals surface area contributed by atoms with Crippen molar-refractivity contribution in [3.05, 3.63) is 41.0 Å². The molecule has 0 spiro atoms. The second-order valence-electron chi connectivity index (χ2n) is 8.08. The van der Waals surface area contributed by atoms with Crippen LogP contribution in [0, 0.1) is 0 Å². The van der Waals surface area contributed by atoms with Crippen LogP contribution >= 0.6 is 21.6 Å². The average Bonchev–Trinajstić information content (AvgIpc) is 3.18. The lowest BCUT2D eigenvalue weighted by Crippen LogP contribution is -2.51. The standard InChI is InChI=1S/C22H30N2O7S2/c1-13-6-19-21(29)24(22(30)31-12-14(2)33-32-5-3-4-25)18-8-16(11-27)15(10-26)7-17(18)20(28)23(19)9-13/h7-8,14,19,21,25-27,29H,1,3-6,9-12H2,2H3/t14-,19+,21?/m1/s1. The van der Waals surface area contributed by atoms with Gasteiger partial charge in [-0.25, -0.2) is 9.69 Å². The van der Waals surface area contributed by atoms with Crippen molar-refractivity contribution in [2.45, 2.75) is 50.5 Å². The Kier molecular flexibility index (Phi) is 9.08. The van der Waals surface area contributed by atoms with E-state index in [1.165, 1.54) is 27.8 Å². The van der Waals surface area contributed by atoms with E-state index in [4.69, 9.17) is 9.84 Å². The summed E-state index contributed by atoms with van der Waals surface area (Å²) >= 11 is 0. The van der Waals surface area contributed by atoms with Crippen molar-refractivity contribution < 1.29 is 34.8 Å². The summed E-state index contributed by atoms with van der Waals surface area (Å²) in [6, 6.07) is 2.22.